The summed E-state index contributed by atoms with van der Waals surface area (Å²) in [5.74, 6) is 1.21. The lowest BCUT2D eigenvalue weighted by molar-refractivity contribution is 0.192. The first-order valence-electron chi connectivity index (χ1n) is 9.95. The van der Waals surface area contributed by atoms with Crippen LogP contribution in [0.5, 0.6) is 0 Å². The lowest BCUT2D eigenvalue weighted by Crippen LogP contribution is -2.59. The highest BCUT2D eigenvalue weighted by Gasteiger charge is 2.38. The maximum absolute atomic E-state index is 12.8. The zero-order valence-electron chi connectivity index (χ0n) is 16.7. The van der Waals surface area contributed by atoms with Gasteiger partial charge in [-0.15, -0.1) is 0 Å². The van der Waals surface area contributed by atoms with Crippen LogP contribution in [0.4, 0.5) is 27.9 Å². The van der Waals surface area contributed by atoms with E-state index in [9.17, 15) is 4.79 Å². The number of nitrogens with zero attached hydrogens (tertiary/aromatic N) is 5. The number of anilines is 4. The number of carbonyl (C=O) groups excluding carboxylic acids is 1. The van der Waals surface area contributed by atoms with Crippen molar-refractivity contribution in [2.45, 2.75) is 32.2 Å². The maximum atomic E-state index is 12.8. The number of carbonyl (C=O) groups is 1. The van der Waals surface area contributed by atoms with Gasteiger partial charge in [-0.1, -0.05) is 24.3 Å². The summed E-state index contributed by atoms with van der Waals surface area (Å²) in [6.45, 7) is 2.67. The number of hydrogen-bond acceptors (Lipinski definition) is 6. The molecule has 8 nitrogen and oxygen atoms in total. The van der Waals surface area contributed by atoms with Crippen LogP contribution in [0.2, 0.25) is 0 Å². The zero-order valence-corrected chi connectivity index (χ0v) is 16.7. The lowest BCUT2D eigenvalue weighted by Gasteiger charge is -2.45. The van der Waals surface area contributed by atoms with Crippen molar-refractivity contribution in [3.8, 4) is 0 Å². The monoisotopic (exact) mass is 394 g/mol. The Hall–Kier alpha value is -3.13. The number of aromatic nitrogens is 2. The normalized spacial score (nSPS) is 16.5. The summed E-state index contributed by atoms with van der Waals surface area (Å²) in [6, 6.07) is 7.93. The third-order valence-corrected chi connectivity index (χ3v) is 5.34. The van der Waals surface area contributed by atoms with Crippen LogP contribution in [0.1, 0.15) is 25.3 Å². The molecule has 0 bridgehead atoms. The van der Waals surface area contributed by atoms with E-state index in [1.807, 2.05) is 36.2 Å². The Morgan fingerprint density at radius 2 is 1.93 bits per heavy atom. The molecule has 0 spiro atoms. The number of aliphatic hydroxyl groups is 1. The molecule has 2 amide bonds. The highest BCUT2D eigenvalue weighted by Crippen LogP contribution is 2.37. The summed E-state index contributed by atoms with van der Waals surface area (Å²) >= 11 is 0. The molecule has 1 aromatic carbocycles. The summed E-state index contributed by atoms with van der Waals surface area (Å²) < 4.78 is 0. The number of hydrazine groups is 1. The van der Waals surface area contributed by atoms with Gasteiger partial charge in [0.15, 0.2) is 5.82 Å². The predicted octanol–water partition coefficient (Wildman–Crippen LogP) is 3.09. The van der Waals surface area contributed by atoms with Gasteiger partial charge in [0.2, 0.25) is 5.95 Å². The fourth-order valence-corrected chi connectivity index (χ4v) is 3.79. The Morgan fingerprint density at radius 1 is 1.21 bits per heavy atom. The second-order valence-electron chi connectivity index (χ2n) is 7.20. The van der Waals surface area contributed by atoms with Gasteiger partial charge in [-0.3, -0.25) is 9.91 Å². The molecule has 2 heterocycles. The predicted molar refractivity (Wildman–Crippen MR) is 113 cm³/mol. The minimum atomic E-state index is -0.0734. The van der Waals surface area contributed by atoms with Crippen LogP contribution in [0.25, 0.3) is 0 Å². The maximum Gasteiger partial charge on any atom is 0.343 e. The Balaban J connectivity index is 1.66. The Morgan fingerprint density at radius 3 is 2.59 bits per heavy atom. The van der Waals surface area contributed by atoms with E-state index < -0.39 is 0 Å². The van der Waals surface area contributed by atoms with Crippen LogP contribution in [-0.4, -0.2) is 52.4 Å². The summed E-state index contributed by atoms with van der Waals surface area (Å²) in [4.78, 5) is 23.7. The SMILES string of the molecule is CCN1C(=O)N(C)c2cnc(Nc3ccc(CCO)cc3)nc2N1C1CC=CC1. The third kappa shape index (κ3) is 3.63. The first kappa shape index (κ1) is 19.2. The standard InChI is InChI=1S/C21H26N6O2/c1-3-26-21(29)25(2)18-14-22-20(23-16-10-8-15(9-11-16)12-13-28)24-19(18)27(26)17-6-4-5-7-17/h4-5,8-11,14,17,28H,3,6-7,12-13H2,1-2H3,(H,22,23,24). The van der Waals surface area contributed by atoms with Gasteiger partial charge in [0.1, 0.15) is 5.69 Å². The topological polar surface area (TPSA) is 84.8 Å². The van der Waals surface area contributed by atoms with E-state index in [1.165, 1.54) is 0 Å². The molecule has 2 aromatic rings. The van der Waals surface area contributed by atoms with E-state index in [1.54, 1.807) is 23.2 Å². The highest BCUT2D eigenvalue weighted by molar-refractivity contribution is 5.98. The molecule has 0 fully saturated rings. The number of fused-ring (bicyclic) bond motifs is 1. The van der Waals surface area contributed by atoms with Gasteiger partial charge >= 0.3 is 6.03 Å². The van der Waals surface area contributed by atoms with Gasteiger partial charge < -0.3 is 10.4 Å². The smallest absolute Gasteiger partial charge is 0.343 e. The molecule has 152 valence electrons. The van der Waals surface area contributed by atoms with Gasteiger partial charge in [0.05, 0.1) is 12.2 Å². The number of aliphatic hydroxyl groups excluding tert-OH is 1. The number of rotatable bonds is 6. The van der Waals surface area contributed by atoms with Crippen molar-refractivity contribution >= 4 is 29.2 Å². The molecule has 0 saturated carbocycles. The first-order chi connectivity index (χ1) is 14.1. The van der Waals surface area contributed by atoms with Crippen LogP contribution in [0.15, 0.2) is 42.6 Å². The number of amides is 2. The van der Waals surface area contributed by atoms with E-state index in [-0.39, 0.29) is 18.7 Å². The van der Waals surface area contributed by atoms with Crippen molar-refractivity contribution in [3.63, 3.8) is 0 Å². The second-order valence-corrected chi connectivity index (χ2v) is 7.20. The van der Waals surface area contributed by atoms with Crippen molar-refractivity contribution in [2.24, 2.45) is 0 Å². The van der Waals surface area contributed by atoms with Crippen molar-refractivity contribution < 1.29 is 9.90 Å². The quantitative estimate of drug-likeness (QED) is 0.733. The van der Waals surface area contributed by atoms with Crippen LogP contribution in [0, 0.1) is 0 Å². The Bertz CT molecular complexity index is 906. The summed E-state index contributed by atoms with van der Waals surface area (Å²) in [5.41, 5.74) is 2.65. The van der Waals surface area contributed by atoms with Gasteiger partial charge in [-0.05, 0) is 43.9 Å². The van der Waals surface area contributed by atoms with Crippen molar-refractivity contribution in [3.05, 3.63) is 48.2 Å². The number of nitrogens with one attached hydrogen (secondary N) is 1. The minimum Gasteiger partial charge on any atom is -0.396 e. The molecule has 1 aromatic heterocycles. The highest BCUT2D eigenvalue weighted by atomic mass is 16.3. The van der Waals surface area contributed by atoms with Crippen LogP contribution in [0.3, 0.4) is 0 Å². The molecular formula is C21H26N6O2. The molecule has 2 N–H and O–H groups in total. The average Bonchev–Trinajstić information content (AvgIpc) is 3.26. The van der Waals surface area contributed by atoms with Gasteiger partial charge in [-0.2, -0.15) is 4.98 Å². The van der Waals surface area contributed by atoms with Gasteiger partial charge in [-0.25, -0.2) is 14.8 Å². The molecule has 0 saturated heterocycles. The van der Waals surface area contributed by atoms with Crippen LogP contribution >= 0.6 is 0 Å². The van der Waals surface area contributed by atoms with E-state index in [0.29, 0.717) is 24.6 Å². The molecule has 29 heavy (non-hydrogen) atoms. The van der Waals surface area contributed by atoms with Crippen molar-refractivity contribution in [1.29, 1.82) is 0 Å². The summed E-state index contributed by atoms with van der Waals surface area (Å²) in [5, 5.41) is 16.1. The van der Waals surface area contributed by atoms with Gasteiger partial charge in [0, 0.05) is 25.9 Å². The number of hydrogen-bond donors (Lipinski definition) is 2. The van der Waals surface area contributed by atoms with E-state index in [0.717, 1.165) is 29.9 Å². The minimum absolute atomic E-state index is 0.0734. The average molecular weight is 394 g/mol. The molecule has 2 aliphatic rings. The fourth-order valence-electron chi connectivity index (χ4n) is 3.79. The second kappa shape index (κ2) is 8.08. The lowest BCUT2D eigenvalue weighted by atomic mass is 10.1. The molecule has 1 aliphatic heterocycles. The Kier molecular flexibility index (Phi) is 5.35. The summed E-state index contributed by atoms with van der Waals surface area (Å²) in [6.07, 6.45) is 8.39. The first-order valence-corrected chi connectivity index (χ1v) is 9.95. The van der Waals surface area contributed by atoms with Gasteiger partial charge in [0.25, 0.3) is 0 Å². The van der Waals surface area contributed by atoms with Crippen molar-refractivity contribution in [1.82, 2.24) is 15.0 Å². The fraction of sp³-hybridized carbons (Fsp3) is 0.381. The Labute approximate surface area is 170 Å². The molecule has 8 heteroatoms. The van der Waals surface area contributed by atoms with E-state index in [4.69, 9.17) is 10.1 Å². The molecule has 4 rings (SSSR count). The van der Waals surface area contributed by atoms with Crippen LogP contribution in [-0.2, 0) is 6.42 Å². The molecule has 1 aliphatic carbocycles. The molecule has 0 unspecified atom stereocenters. The largest absolute Gasteiger partial charge is 0.396 e. The number of benzene rings is 1. The molecular weight excluding hydrogens is 368 g/mol. The third-order valence-electron chi connectivity index (χ3n) is 5.34. The zero-order chi connectivity index (χ0) is 20.4. The molecule has 0 atom stereocenters. The van der Waals surface area contributed by atoms with Crippen molar-refractivity contribution in [2.75, 3.05) is 35.4 Å². The van der Waals surface area contributed by atoms with E-state index in [2.05, 4.69) is 22.5 Å². The summed E-state index contributed by atoms with van der Waals surface area (Å²) in [7, 11) is 1.75. The molecule has 0 radical (unpaired) electrons. The van der Waals surface area contributed by atoms with E-state index >= 15 is 0 Å². The number of urea groups is 1. The van der Waals surface area contributed by atoms with Crippen LogP contribution < -0.4 is 15.2 Å².